The van der Waals surface area contributed by atoms with Gasteiger partial charge >= 0.3 is 0 Å². The van der Waals surface area contributed by atoms with E-state index in [1.54, 1.807) is 0 Å². The van der Waals surface area contributed by atoms with Crippen LogP contribution in [0.25, 0.3) is 0 Å². The van der Waals surface area contributed by atoms with Gasteiger partial charge in [0.15, 0.2) is 6.29 Å². The standard InChI is InChI=1S/C10H18O2/c1-9(2)5-3-4-6-10-11-7-8-12-10/h10H,1,3-8H2,2H3. The third kappa shape index (κ3) is 3.88. The lowest BCUT2D eigenvalue weighted by Gasteiger charge is -2.07. The molecule has 0 aromatic heterocycles. The molecule has 70 valence electrons. The first-order valence-electron chi connectivity index (χ1n) is 4.66. The smallest absolute Gasteiger partial charge is 0.157 e. The summed E-state index contributed by atoms with van der Waals surface area (Å²) >= 11 is 0. The van der Waals surface area contributed by atoms with Crippen LogP contribution in [0.5, 0.6) is 0 Å². The van der Waals surface area contributed by atoms with Crippen molar-refractivity contribution in [1.29, 1.82) is 0 Å². The van der Waals surface area contributed by atoms with E-state index >= 15 is 0 Å². The molecule has 0 aliphatic carbocycles. The van der Waals surface area contributed by atoms with Crippen molar-refractivity contribution < 1.29 is 9.47 Å². The molecule has 1 fully saturated rings. The van der Waals surface area contributed by atoms with Crippen molar-refractivity contribution in [2.75, 3.05) is 13.2 Å². The molecule has 0 atom stereocenters. The normalized spacial score (nSPS) is 18.4. The molecular formula is C10H18O2. The third-order valence-corrected chi connectivity index (χ3v) is 1.98. The molecule has 1 saturated heterocycles. The van der Waals surface area contributed by atoms with E-state index in [4.69, 9.17) is 9.47 Å². The number of ether oxygens (including phenoxy) is 2. The molecule has 2 heteroatoms. The quantitative estimate of drug-likeness (QED) is 0.466. The van der Waals surface area contributed by atoms with Crippen molar-refractivity contribution in [2.45, 2.75) is 38.9 Å². The van der Waals surface area contributed by atoms with Gasteiger partial charge < -0.3 is 9.47 Å². The highest BCUT2D eigenvalue weighted by Crippen LogP contribution is 2.13. The maximum atomic E-state index is 5.32. The summed E-state index contributed by atoms with van der Waals surface area (Å²) in [6.45, 7) is 7.47. The highest BCUT2D eigenvalue weighted by atomic mass is 16.7. The second-order valence-corrected chi connectivity index (χ2v) is 3.37. The molecule has 1 rings (SSSR count). The average Bonchev–Trinajstić information content (AvgIpc) is 2.49. The van der Waals surface area contributed by atoms with Crippen LogP contribution < -0.4 is 0 Å². The number of unbranched alkanes of at least 4 members (excludes halogenated alkanes) is 1. The Morgan fingerprint density at radius 3 is 2.58 bits per heavy atom. The molecule has 0 bridgehead atoms. The summed E-state index contributed by atoms with van der Waals surface area (Å²) in [4.78, 5) is 0. The second kappa shape index (κ2) is 5.33. The molecule has 1 heterocycles. The van der Waals surface area contributed by atoms with E-state index in [-0.39, 0.29) is 6.29 Å². The van der Waals surface area contributed by atoms with E-state index in [1.807, 2.05) is 0 Å². The minimum atomic E-state index is 0.0788. The van der Waals surface area contributed by atoms with Gasteiger partial charge in [0, 0.05) is 0 Å². The van der Waals surface area contributed by atoms with Crippen LogP contribution in [0.4, 0.5) is 0 Å². The molecule has 0 radical (unpaired) electrons. The predicted octanol–water partition coefficient (Wildman–Crippen LogP) is 2.50. The summed E-state index contributed by atoms with van der Waals surface area (Å²) in [5.41, 5.74) is 1.27. The van der Waals surface area contributed by atoms with Crippen LogP contribution in [0.3, 0.4) is 0 Å². The van der Waals surface area contributed by atoms with Gasteiger partial charge in [-0.25, -0.2) is 0 Å². The Balaban J connectivity index is 1.91. The van der Waals surface area contributed by atoms with Gasteiger partial charge in [-0.15, -0.1) is 6.58 Å². The number of hydrogen-bond donors (Lipinski definition) is 0. The summed E-state index contributed by atoms with van der Waals surface area (Å²) in [7, 11) is 0. The van der Waals surface area contributed by atoms with Crippen LogP contribution in [-0.2, 0) is 9.47 Å². The summed E-state index contributed by atoms with van der Waals surface area (Å²) in [5.74, 6) is 0. The van der Waals surface area contributed by atoms with Gasteiger partial charge in [0.05, 0.1) is 13.2 Å². The average molecular weight is 170 g/mol. The third-order valence-electron chi connectivity index (χ3n) is 1.98. The molecule has 1 aliphatic heterocycles. The molecule has 0 unspecified atom stereocenters. The lowest BCUT2D eigenvalue weighted by atomic mass is 10.1. The Morgan fingerprint density at radius 2 is 2.00 bits per heavy atom. The van der Waals surface area contributed by atoms with Crippen molar-refractivity contribution >= 4 is 0 Å². The zero-order chi connectivity index (χ0) is 8.81. The van der Waals surface area contributed by atoms with Crippen LogP contribution in [0.2, 0.25) is 0 Å². The van der Waals surface area contributed by atoms with Gasteiger partial charge in [0.1, 0.15) is 0 Å². The fourth-order valence-electron chi connectivity index (χ4n) is 1.31. The van der Waals surface area contributed by atoms with Crippen molar-refractivity contribution in [3.05, 3.63) is 12.2 Å². The molecule has 0 saturated carbocycles. The Labute approximate surface area is 74.6 Å². The first-order chi connectivity index (χ1) is 5.79. The number of allylic oxidation sites excluding steroid dienone is 1. The summed E-state index contributed by atoms with van der Waals surface area (Å²) < 4.78 is 10.6. The molecule has 0 spiro atoms. The van der Waals surface area contributed by atoms with Gasteiger partial charge in [-0.3, -0.25) is 0 Å². The van der Waals surface area contributed by atoms with Crippen molar-refractivity contribution in [2.24, 2.45) is 0 Å². The Kier molecular flexibility index (Phi) is 4.33. The minimum absolute atomic E-state index is 0.0788. The lowest BCUT2D eigenvalue weighted by Crippen LogP contribution is -2.06. The molecule has 1 aliphatic rings. The Morgan fingerprint density at radius 1 is 1.33 bits per heavy atom. The van der Waals surface area contributed by atoms with E-state index in [1.165, 1.54) is 18.4 Å². The largest absolute Gasteiger partial charge is 0.350 e. The highest BCUT2D eigenvalue weighted by Gasteiger charge is 2.14. The van der Waals surface area contributed by atoms with Gasteiger partial charge in [-0.2, -0.15) is 0 Å². The molecule has 0 aromatic rings. The van der Waals surface area contributed by atoms with Crippen LogP contribution in [0.15, 0.2) is 12.2 Å². The van der Waals surface area contributed by atoms with Crippen molar-refractivity contribution in [3.8, 4) is 0 Å². The van der Waals surface area contributed by atoms with Gasteiger partial charge in [0.2, 0.25) is 0 Å². The zero-order valence-electron chi connectivity index (χ0n) is 7.84. The maximum absolute atomic E-state index is 5.32. The van der Waals surface area contributed by atoms with Crippen LogP contribution in [0, 0.1) is 0 Å². The topological polar surface area (TPSA) is 18.5 Å². The van der Waals surface area contributed by atoms with E-state index < -0.39 is 0 Å². The van der Waals surface area contributed by atoms with E-state index in [2.05, 4.69) is 13.5 Å². The molecular weight excluding hydrogens is 152 g/mol. The lowest BCUT2D eigenvalue weighted by molar-refractivity contribution is -0.0479. The monoisotopic (exact) mass is 170 g/mol. The van der Waals surface area contributed by atoms with Crippen molar-refractivity contribution in [3.63, 3.8) is 0 Å². The summed E-state index contributed by atoms with van der Waals surface area (Å²) in [6.07, 6.45) is 4.63. The number of rotatable bonds is 5. The van der Waals surface area contributed by atoms with Crippen molar-refractivity contribution in [1.82, 2.24) is 0 Å². The van der Waals surface area contributed by atoms with E-state index in [0.717, 1.165) is 26.1 Å². The Bertz CT molecular complexity index is 137. The minimum Gasteiger partial charge on any atom is -0.350 e. The van der Waals surface area contributed by atoms with Crippen LogP contribution in [-0.4, -0.2) is 19.5 Å². The van der Waals surface area contributed by atoms with Gasteiger partial charge in [0.25, 0.3) is 0 Å². The molecule has 12 heavy (non-hydrogen) atoms. The molecule has 2 nitrogen and oxygen atoms in total. The summed E-state index contributed by atoms with van der Waals surface area (Å²) in [6, 6.07) is 0. The molecule has 0 aromatic carbocycles. The van der Waals surface area contributed by atoms with E-state index in [9.17, 15) is 0 Å². The van der Waals surface area contributed by atoms with Crippen LogP contribution in [0.1, 0.15) is 32.6 Å². The predicted molar refractivity (Wildman–Crippen MR) is 49.0 cm³/mol. The summed E-state index contributed by atoms with van der Waals surface area (Å²) in [5, 5.41) is 0. The fraction of sp³-hybridized carbons (Fsp3) is 0.800. The van der Waals surface area contributed by atoms with E-state index in [0.29, 0.717) is 0 Å². The van der Waals surface area contributed by atoms with Gasteiger partial charge in [-0.05, 0) is 32.6 Å². The van der Waals surface area contributed by atoms with Crippen LogP contribution >= 0.6 is 0 Å². The molecule has 0 N–H and O–H groups in total. The first-order valence-corrected chi connectivity index (χ1v) is 4.66. The fourth-order valence-corrected chi connectivity index (χ4v) is 1.31. The second-order valence-electron chi connectivity index (χ2n) is 3.37. The number of hydrogen-bond acceptors (Lipinski definition) is 2. The van der Waals surface area contributed by atoms with Gasteiger partial charge in [-0.1, -0.05) is 5.57 Å². The maximum Gasteiger partial charge on any atom is 0.157 e. The zero-order valence-corrected chi connectivity index (χ0v) is 7.84. The first kappa shape index (κ1) is 9.75. The SMILES string of the molecule is C=C(C)CCCCC1OCCO1. The Hall–Kier alpha value is -0.340. The molecule has 0 amide bonds. The highest BCUT2D eigenvalue weighted by molar-refractivity contribution is 4.87.